The Morgan fingerprint density at radius 3 is 2.54 bits per heavy atom. The van der Waals surface area contributed by atoms with Crippen molar-refractivity contribution in [3.05, 3.63) is 48.0 Å². The minimum absolute atomic E-state index is 0.126. The summed E-state index contributed by atoms with van der Waals surface area (Å²) in [7, 11) is -4.11. The summed E-state index contributed by atoms with van der Waals surface area (Å²) in [6.07, 6.45) is -4.68. The molecule has 1 heterocycles. The number of hydrogen-bond acceptors (Lipinski definition) is 6. The maximum Gasteiger partial charge on any atom is 0.418 e. The molecule has 0 unspecified atom stereocenters. The molecule has 1 N–H and O–H groups in total. The molecule has 3 aromatic rings. The Hall–Kier alpha value is -2.53. The zero-order valence-corrected chi connectivity index (χ0v) is 14.5. The van der Waals surface area contributed by atoms with E-state index in [1.165, 1.54) is 24.3 Å². The lowest BCUT2D eigenvalue weighted by Crippen LogP contribution is -2.24. The van der Waals surface area contributed by atoms with Crippen LogP contribution in [0.2, 0.25) is 0 Å². The number of halogens is 3. The second kappa shape index (κ2) is 6.65. The van der Waals surface area contributed by atoms with Crippen molar-refractivity contribution in [1.29, 1.82) is 0 Å². The molecule has 2 aromatic carbocycles. The zero-order chi connectivity index (χ0) is 18.9. The summed E-state index contributed by atoms with van der Waals surface area (Å²) in [6.45, 7) is 0. The van der Waals surface area contributed by atoms with Gasteiger partial charge in [0.15, 0.2) is 9.84 Å². The maximum atomic E-state index is 13.0. The monoisotopic (exact) mass is 401 g/mol. The molecule has 0 saturated heterocycles. The van der Waals surface area contributed by atoms with E-state index in [9.17, 15) is 26.4 Å². The molecule has 0 aliphatic carbocycles. The first-order valence-electron chi connectivity index (χ1n) is 7.08. The van der Waals surface area contributed by atoms with Gasteiger partial charge < -0.3 is 5.32 Å². The molecule has 1 aromatic heterocycles. The topological polar surface area (TPSA) is 89.0 Å². The van der Waals surface area contributed by atoms with Gasteiger partial charge in [-0.25, -0.2) is 8.42 Å². The van der Waals surface area contributed by atoms with Gasteiger partial charge in [0, 0.05) is 0 Å². The Labute approximate surface area is 149 Å². The van der Waals surface area contributed by atoms with Gasteiger partial charge in [-0.15, -0.1) is 0 Å². The third-order valence-corrected chi connectivity index (χ3v) is 5.60. The summed E-state index contributed by atoms with van der Waals surface area (Å²) in [6, 6.07) is 8.62. The molecule has 6 nitrogen and oxygen atoms in total. The first-order valence-corrected chi connectivity index (χ1v) is 9.47. The van der Waals surface area contributed by atoms with Gasteiger partial charge in [0.25, 0.3) is 0 Å². The standard InChI is InChI=1S/C15H10F3N3O3S2/c16-15(17,18)9-4-1-2-5-10(9)19-13(22)8-26(23,24)12-7-3-6-11-14(12)21-25-20-11/h1-7H,8H2,(H,19,22). The molecule has 11 heteroatoms. The number of aromatic nitrogens is 2. The highest BCUT2D eigenvalue weighted by atomic mass is 32.2. The van der Waals surface area contributed by atoms with Crippen LogP contribution in [0.25, 0.3) is 11.0 Å². The van der Waals surface area contributed by atoms with Crippen LogP contribution in [0.15, 0.2) is 47.4 Å². The largest absolute Gasteiger partial charge is 0.418 e. The molecule has 0 radical (unpaired) electrons. The Kier molecular flexibility index (Phi) is 4.67. The van der Waals surface area contributed by atoms with E-state index < -0.39 is 38.9 Å². The Bertz CT molecular complexity index is 1080. The minimum Gasteiger partial charge on any atom is -0.325 e. The lowest BCUT2D eigenvalue weighted by Gasteiger charge is -2.13. The number of carbonyl (C=O) groups is 1. The van der Waals surface area contributed by atoms with Crippen molar-refractivity contribution in [2.75, 3.05) is 11.1 Å². The number of rotatable bonds is 4. The molecule has 136 valence electrons. The number of carbonyl (C=O) groups excluding carboxylic acids is 1. The van der Waals surface area contributed by atoms with Crippen LogP contribution in [0.1, 0.15) is 5.56 Å². The summed E-state index contributed by atoms with van der Waals surface area (Å²) < 4.78 is 71.6. The molecule has 0 saturated carbocycles. The lowest BCUT2D eigenvalue weighted by atomic mass is 10.1. The molecule has 3 rings (SSSR count). The summed E-state index contributed by atoms with van der Waals surface area (Å²) >= 11 is 0.819. The van der Waals surface area contributed by atoms with Crippen molar-refractivity contribution in [2.45, 2.75) is 11.1 Å². The van der Waals surface area contributed by atoms with E-state index in [0.717, 1.165) is 23.9 Å². The number of para-hydroxylation sites is 1. The van der Waals surface area contributed by atoms with Crippen molar-refractivity contribution in [1.82, 2.24) is 8.75 Å². The maximum absolute atomic E-state index is 13.0. The van der Waals surface area contributed by atoms with Crippen LogP contribution in [0.5, 0.6) is 0 Å². The van der Waals surface area contributed by atoms with Crippen molar-refractivity contribution in [3.8, 4) is 0 Å². The van der Waals surface area contributed by atoms with Gasteiger partial charge in [-0.2, -0.15) is 21.9 Å². The van der Waals surface area contributed by atoms with Crippen LogP contribution >= 0.6 is 11.7 Å². The van der Waals surface area contributed by atoms with Gasteiger partial charge in [0.1, 0.15) is 16.8 Å². The van der Waals surface area contributed by atoms with Crippen LogP contribution in [0, 0.1) is 0 Å². The van der Waals surface area contributed by atoms with Crippen LogP contribution < -0.4 is 5.32 Å². The van der Waals surface area contributed by atoms with Gasteiger partial charge in [0.05, 0.1) is 27.9 Å². The number of amides is 1. The van der Waals surface area contributed by atoms with E-state index in [1.807, 2.05) is 5.32 Å². The average Bonchev–Trinajstić information content (AvgIpc) is 3.02. The molecule has 0 aliphatic rings. The molecule has 1 amide bonds. The van der Waals surface area contributed by atoms with Crippen LogP contribution in [0.3, 0.4) is 0 Å². The average molecular weight is 401 g/mol. The van der Waals surface area contributed by atoms with Crippen LogP contribution in [-0.2, 0) is 20.8 Å². The van der Waals surface area contributed by atoms with Crippen molar-refractivity contribution < 1.29 is 26.4 Å². The summed E-state index contributed by atoms with van der Waals surface area (Å²) in [5.41, 5.74) is -1.08. The Balaban J connectivity index is 1.86. The third kappa shape index (κ3) is 3.68. The van der Waals surface area contributed by atoms with Gasteiger partial charge in [0.2, 0.25) is 5.91 Å². The normalized spacial score (nSPS) is 12.3. The fraction of sp³-hybridized carbons (Fsp3) is 0.133. The molecule has 0 aliphatic heterocycles. The van der Waals surface area contributed by atoms with E-state index in [1.54, 1.807) is 6.07 Å². The number of alkyl halides is 3. The van der Waals surface area contributed by atoms with Gasteiger partial charge in [-0.1, -0.05) is 18.2 Å². The Morgan fingerprint density at radius 2 is 1.81 bits per heavy atom. The minimum atomic E-state index is -4.68. The number of fused-ring (bicyclic) bond motifs is 1. The molecular formula is C15H10F3N3O3S2. The van der Waals surface area contributed by atoms with Crippen LogP contribution in [0.4, 0.5) is 18.9 Å². The highest BCUT2D eigenvalue weighted by molar-refractivity contribution is 7.92. The number of anilines is 1. The highest BCUT2D eigenvalue weighted by Gasteiger charge is 2.34. The quantitative estimate of drug-likeness (QED) is 0.726. The van der Waals surface area contributed by atoms with Crippen molar-refractivity contribution in [3.63, 3.8) is 0 Å². The highest BCUT2D eigenvalue weighted by Crippen LogP contribution is 2.34. The molecule has 0 spiro atoms. The molecular weight excluding hydrogens is 391 g/mol. The second-order valence-corrected chi connectivity index (χ2v) is 7.73. The number of nitrogens with one attached hydrogen (secondary N) is 1. The summed E-state index contributed by atoms with van der Waals surface area (Å²) in [4.78, 5) is 11.9. The fourth-order valence-electron chi connectivity index (χ4n) is 2.31. The smallest absolute Gasteiger partial charge is 0.325 e. The van der Waals surface area contributed by atoms with Gasteiger partial charge in [-0.3, -0.25) is 4.79 Å². The zero-order valence-electron chi connectivity index (χ0n) is 12.8. The fourth-order valence-corrected chi connectivity index (χ4v) is 4.22. The molecule has 0 bridgehead atoms. The lowest BCUT2D eigenvalue weighted by molar-refractivity contribution is -0.137. The predicted octanol–water partition coefficient (Wildman–Crippen LogP) is 3.12. The van der Waals surface area contributed by atoms with Crippen molar-refractivity contribution in [2.24, 2.45) is 0 Å². The predicted molar refractivity (Wildman–Crippen MR) is 89.5 cm³/mol. The summed E-state index contributed by atoms with van der Waals surface area (Å²) in [5.74, 6) is -2.10. The number of nitrogens with zero attached hydrogens (tertiary/aromatic N) is 2. The van der Waals surface area contributed by atoms with E-state index in [-0.39, 0.29) is 10.4 Å². The van der Waals surface area contributed by atoms with E-state index in [2.05, 4.69) is 8.75 Å². The number of benzene rings is 2. The van der Waals surface area contributed by atoms with Gasteiger partial charge >= 0.3 is 6.18 Å². The summed E-state index contributed by atoms with van der Waals surface area (Å²) in [5, 5.41) is 2.01. The molecule has 0 fully saturated rings. The molecule has 26 heavy (non-hydrogen) atoms. The number of hydrogen-bond donors (Lipinski definition) is 1. The van der Waals surface area contributed by atoms with E-state index >= 15 is 0 Å². The first kappa shape index (κ1) is 18.3. The molecule has 0 atom stereocenters. The van der Waals surface area contributed by atoms with E-state index in [4.69, 9.17) is 0 Å². The van der Waals surface area contributed by atoms with Crippen LogP contribution in [-0.4, -0.2) is 28.8 Å². The second-order valence-electron chi connectivity index (χ2n) is 5.24. The van der Waals surface area contributed by atoms with Gasteiger partial charge in [-0.05, 0) is 24.3 Å². The first-order chi connectivity index (χ1) is 12.2. The van der Waals surface area contributed by atoms with E-state index in [0.29, 0.717) is 5.52 Å². The Morgan fingerprint density at radius 1 is 1.08 bits per heavy atom. The third-order valence-electron chi connectivity index (χ3n) is 3.41. The van der Waals surface area contributed by atoms with Crippen molar-refractivity contribution >= 4 is 44.2 Å². The number of sulfone groups is 1. The SMILES string of the molecule is O=C(CS(=O)(=O)c1cccc2nsnc12)Nc1ccccc1C(F)(F)F.